The number of piperidine rings is 1. The Morgan fingerprint density at radius 3 is 2.42 bits per heavy atom. The number of nitrogens with zero attached hydrogens (tertiary/aromatic N) is 5. The highest BCUT2D eigenvalue weighted by atomic mass is 32.2. The molecule has 2 fully saturated rings. The van der Waals surface area contributed by atoms with E-state index in [0.717, 1.165) is 32.7 Å². The maximum Gasteiger partial charge on any atom is 0.244 e. The number of carbonyl (C=O) groups excluding carboxylic acids is 1. The molecule has 2 aromatic rings. The number of aromatic nitrogens is 2. The molecule has 2 aliphatic heterocycles. The van der Waals surface area contributed by atoms with Crippen LogP contribution in [0, 0.1) is 12.8 Å². The third-order valence-corrected chi connectivity index (χ3v) is 9.78. The minimum atomic E-state index is -3.65. The van der Waals surface area contributed by atoms with Crippen LogP contribution in [0.5, 0.6) is 0 Å². The third-order valence-electron chi connectivity index (χ3n) is 6.58. The molecule has 4 rings (SSSR count). The molecule has 9 nitrogen and oxygen atoms in total. The molecule has 2 saturated heterocycles. The average Bonchev–Trinajstić information content (AvgIpc) is 3.46. The van der Waals surface area contributed by atoms with E-state index in [0.29, 0.717) is 52.3 Å². The van der Waals surface area contributed by atoms with Crippen molar-refractivity contribution in [2.24, 2.45) is 5.92 Å². The van der Waals surface area contributed by atoms with Gasteiger partial charge in [0.2, 0.25) is 27.6 Å². The molecule has 2 aromatic heterocycles. The van der Waals surface area contributed by atoms with E-state index in [9.17, 15) is 13.2 Å². The SMILES string of the molecule is CCN1CCN(C(=O)C2CCN(S(=O)(=O)c3cc(-c4noc(C(C)C)n4)sc3C)CC2)CC1. The average molecular weight is 496 g/mol. The van der Waals surface area contributed by atoms with Gasteiger partial charge in [-0.3, -0.25) is 4.79 Å². The highest BCUT2D eigenvalue weighted by molar-refractivity contribution is 7.89. The van der Waals surface area contributed by atoms with E-state index in [-0.39, 0.29) is 17.7 Å². The van der Waals surface area contributed by atoms with Crippen molar-refractivity contribution in [3.63, 3.8) is 0 Å². The Labute approximate surface area is 199 Å². The molecule has 182 valence electrons. The van der Waals surface area contributed by atoms with Gasteiger partial charge in [-0.25, -0.2) is 8.42 Å². The summed E-state index contributed by atoms with van der Waals surface area (Å²) in [5.41, 5.74) is 0. The van der Waals surface area contributed by atoms with Crippen LogP contribution in [0.1, 0.15) is 50.3 Å². The van der Waals surface area contributed by atoms with Crippen molar-refractivity contribution in [1.82, 2.24) is 24.2 Å². The maximum absolute atomic E-state index is 13.4. The summed E-state index contributed by atoms with van der Waals surface area (Å²) >= 11 is 1.35. The Balaban J connectivity index is 1.41. The summed E-state index contributed by atoms with van der Waals surface area (Å²) in [6, 6.07) is 1.65. The number of hydrogen-bond donors (Lipinski definition) is 0. The van der Waals surface area contributed by atoms with Crippen molar-refractivity contribution in [3.8, 4) is 10.7 Å². The Morgan fingerprint density at radius 1 is 1.18 bits per heavy atom. The zero-order chi connectivity index (χ0) is 23.8. The largest absolute Gasteiger partial charge is 0.340 e. The number of amides is 1. The van der Waals surface area contributed by atoms with Crippen LogP contribution in [0.2, 0.25) is 0 Å². The quantitative estimate of drug-likeness (QED) is 0.607. The van der Waals surface area contributed by atoms with Gasteiger partial charge in [-0.15, -0.1) is 11.3 Å². The first-order valence-corrected chi connectivity index (χ1v) is 13.9. The van der Waals surface area contributed by atoms with Crippen LogP contribution in [0.4, 0.5) is 0 Å². The molecule has 1 amide bonds. The number of aryl methyl sites for hydroxylation is 1. The zero-order valence-corrected chi connectivity index (χ0v) is 21.4. The van der Waals surface area contributed by atoms with Crippen molar-refractivity contribution in [2.45, 2.75) is 51.3 Å². The van der Waals surface area contributed by atoms with E-state index in [1.165, 1.54) is 15.6 Å². The summed E-state index contributed by atoms with van der Waals surface area (Å²) in [6.07, 6.45) is 1.12. The predicted molar refractivity (Wildman–Crippen MR) is 127 cm³/mol. The Morgan fingerprint density at radius 2 is 1.85 bits per heavy atom. The molecule has 0 aliphatic carbocycles. The molecule has 4 heterocycles. The lowest BCUT2D eigenvalue weighted by Gasteiger charge is -2.38. The normalized spacial score (nSPS) is 19.5. The molecular formula is C22H33N5O4S2. The van der Waals surface area contributed by atoms with Gasteiger partial charge in [0.05, 0.1) is 9.77 Å². The molecule has 0 bridgehead atoms. The lowest BCUT2D eigenvalue weighted by molar-refractivity contribution is -0.138. The van der Waals surface area contributed by atoms with Crippen LogP contribution in [-0.2, 0) is 14.8 Å². The molecule has 0 aromatic carbocycles. The predicted octanol–water partition coefficient (Wildman–Crippen LogP) is 2.79. The van der Waals surface area contributed by atoms with Crippen LogP contribution in [-0.4, -0.2) is 84.4 Å². The second-order valence-electron chi connectivity index (χ2n) is 9.08. The summed E-state index contributed by atoms with van der Waals surface area (Å²) in [4.78, 5) is 23.3. The maximum atomic E-state index is 13.4. The van der Waals surface area contributed by atoms with Crippen LogP contribution in [0.15, 0.2) is 15.5 Å². The second kappa shape index (κ2) is 9.81. The molecule has 0 saturated carbocycles. The van der Waals surface area contributed by atoms with Crippen molar-refractivity contribution in [2.75, 3.05) is 45.8 Å². The smallest absolute Gasteiger partial charge is 0.244 e. The van der Waals surface area contributed by atoms with Gasteiger partial charge in [0.25, 0.3) is 0 Å². The van der Waals surface area contributed by atoms with E-state index in [1.807, 2.05) is 18.7 Å². The molecule has 33 heavy (non-hydrogen) atoms. The fourth-order valence-corrected chi connectivity index (χ4v) is 7.38. The van der Waals surface area contributed by atoms with E-state index >= 15 is 0 Å². The number of rotatable bonds is 6. The lowest BCUT2D eigenvalue weighted by atomic mass is 9.96. The van der Waals surface area contributed by atoms with Gasteiger partial charge in [-0.2, -0.15) is 9.29 Å². The van der Waals surface area contributed by atoms with E-state index in [4.69, 9.17) is 4.52 Å². The Kier molecular flexibility index (Phi) is 7.23. The molecule has 11 heteroatoms. The number of carbonyl (C=O) groups is 1. The number of sulfonamides is 1. The highest BCUT2D eigenvalue weighted by Crippen LogP contribution is 2.35. The summed E-state index contributed by atoms with van der Waals surface area (Å²) in [5.74, 6) is 1.13. The molecule has 2 aliphatic rings. The highest BCUT2D eigenvalue weighted by Gasteiger charge is 2.36. The topological polar surface area (TPSA) is 99.8 Å². The molecular weight excluding hydrogens is 462 g/mol. The first-order valence-electron chi connectivity index (χ1n) is 11.7. The van der Waals surface area contributed by atoms with Crippen LogP contribution in [0.25, 0.3) is 10.7 Å². The van der Waals surface area contributed by atoms with Crippen molar-refractivity contribution >= 4 is 27.3 Å². The van der Waals surface area contributed by atoms with Crippen molar-refractivity contribution < 1.29 is 17.7 Å². The van der Waals surface area contributed by atoms with Crippen LogP contribution in [0.3, 0.4) is 0 Å². The Hall–Kier alpha value is -1.82. The van der Waals surface area contributed by atoms with Crippen LogP contribution < -0.4 is 0 Å². The van der Waals surface area contributed by atoms with Gasteiger partial charge in [-0.1, -0.05) is 25.9 Å². The van der Waals surface area contributed by atoms with Gasteiger partial charge in [0.1, 0.15) is 0 Å². The van der Waals surface area contributed by atoms with Crippen molar-refractivity contribution in [1.29, 1.82) is 0 Å². The van der Waals surface area contributed by atoms with Gasteiger partial charge >= 0.3 is 0 Å². The minimum absolute atomic E-state index is 0.0995. The molecule has 0 unspecified atom stereocenters. The van der Waals surface area contributed by atoms with Gasteiger partial charge in [-0.05, 0) is 32.4 Å². The zero-order valence-electron chi connectivity index (χ0n) is 19.8. The minimum Gasteiger partial charge on any atom is -0.340 e. The summed E-state index contributed by atoms with van der Waals surface area (Å²) < 4.78 is 33.6. The fourth-order valence-electron chi connectivity index (χ4n) is 4.43. The Bertz CT molecular complexity index is 1080. The number of hydrogen-bond acceptors (Lipinski definition) is 8. The molecule has 0 atom stereocenters. The monoisotopic (exact) mass is 495 g/mol. The third kappa shape index (κ3) is 5.01. The summed E-state index contributed by atoms with van der Waals surface area (Å²) in [6.45, 7) is 12.9. The molecule has 0 N–H and O–H groups in total. The first kappa shape index (κ1) is 24.3. The summed E-state index contributed by atoms with van der Waals surface area (Å²) in [7, 11) is -3.65. The standard InChI is InChI=1S/C22H33N5O4S2/c1-5-25-10-12-26(13-11-25)22(28)17-6-8-27(9-7-17)33(29,30)19-14-18(32-16(19)4)20-23-21(15(2)3)31-24-20/h14-15,17H,5-13H2,1-4H3. The number of likely N-dealkylation sites (N-methyl/N-ethyl adjacent to an activating group) is 1. The van der Waals surface area contributed by atoms with Crippen molar-refractivity contribution in [3.05, 3.63) is 16.8 Å². The van der Waals surface area contributed by atoms with Crippen LogP contribution >= 0.6 is 11.3 Å². The van der Waals surface area contributed by atoms with E-state index < -0.39 is 10.0 Å². The summed E-state index contributed by atoms with van der Waals surface area (Å²) in [5, 5.41) is 4.01. The van der Waals surface area contributed by atoms with E-state index in [2.05, 4.69) is 22.0 Å². The number of thiophene rings is 1. The van der Waals surface area contributed by atoms with E-state index in [1.54, 1.807) is 13.0 Å². The van der Waals surface area contributed by atoms with Gasteiger partial charge < -0.3 is 14.3 Å². The fraction of sp³-hybridized carbons (Fsp3) is 0.682. The van der Waals surface area contributed by atoms with Gasteiger partial charge in [0.15, 0.2) is 0 Å². The first-order chi connectivity index (χ1) is 15.7. The lowest BCUT2D eigenvalue weighted by Crippen LogP contribution is -2.51. The second-order valence-corrected chi connectivity index (χ2v) is 12.2. The number of piperazine rings is 1. The molecule has 0 spiro atoms. The molecule has 0 radical (unpaired) electrons. The van der Waals surface area contributed by atoms with Gasteiger partial charge in [0, 0.05) is 56.0 Å².